The van der Waals surface area contributed by atoms with Gasteiger partial charge in [0, 0.05) is 6.21 Å². The smallest absolute Gasteiger partial charge is 0.341 e. The van der Waals surface area contributed by atoms with Crippen LogP contribution < -0.4 is 0 Å². The first-order valence-corrected chi connectivity index (χ1v) is 10.8. The number of carbonyl (C=O) groups is 2. The first-order chi connectivity index (χ1) is 17.9. The fourth-order valence-corrected chi connectivity index (χ4v) is 3.13. The highest BCUT2D eigenvalue weighted by molar-refractivity contribution is 6.18. The predicted octanol–water partition coefficient (Wildman–Crippen LogP) is 5.27. The maximum atomic E-state index is 11.8. The van der Waals surface area contributed by atoms with Crippen molar-refractivity contribution >= 4 is 41.1 Å². The molecule has 10 nitrogen and oxygen atoms in total. The quantitative estimate of drug-likeness (QED) is 0.121. The van der Waals surface area contributed by atoms with E-state index in [2.05, 4.69) is 15.0 Å². The average molecular weight is 497 g/mol. The number of aliphatic imine (C=N–C) groups is 1. The van der Waals surface area contributed by atoms with Crippen LogP contribution in [0.1, 0.15) is 17.0 Å². The fraction of sp³-hybridized carbons (Fsp3) is 0. The van der Waals surface area contributed by atoms with Crippen molar-refractivity contribution < 1.29 is 33.7 Å². The molecular weight excluding hydrogens is 478 g/mol. The molecule has 0 unspecified atom stereocenters. The largest absolute Gasteiger partial charge is 0.507 e. The SMILES string of the molecule is O=C(O)/C(=C\C=N\c1ccccc1)c1coc(-c2nc(/C(C(=O)O)=C(O)/C=C/c3ccccc3)co2)n1. The molecule has 2 aromatic carbocycles. The molecule has 0 aliphatic rings. The molecule has 2 heterocycles. The molecule has 0 aliphatic heterocycles. The fourth-order valence-electron chi connectivity index (χ4n) is 3.13. The van der Waals surface area contributed by atoms with Crippen LogP contribution in [0.25, 0.3) is 29.0 Å². The molecular formula is C27H19N3O7. The van der Waals surface area contributed by atoms with Gasteiger partial charge in [0.1, 0.15) is 35.2 Å². The van der Waals surface area contributed by atoms with Crippen molar-refractivity contribution in [1.29, 1.82) is 0 Å². The van der Waals surface area contributed by atoms with E-state index in [-0.39, 0.29) is 28.7 Å². The summed E-state index contributed by atoms with van der Waals surface area (Å²) in [6.45, 7) is 0. The summed E-state index contributed by atoms with van der Waals surface area (Å²) < 4.78 is 10.6. The Morgan fingerprint density at radius 2 is 1.38 bits per heavy atom. The maximum Gasteiger partial charge on any atom is 0.341 e. The highest BCUT2D eigenvalue weighted by atomic mass is 16.4. The van der Waals surface area contributed by atoms with E-state index in [1.807, 2.05) is 12.1 Å². The van der Waals surface area contributed by atoms with Crippen molar-refractivity contribution in [3.8, 4) is 11.8 Å². The number of aliphatic hydroxyl groups is 1. The lowest BCUT2D eigenvalue weighted by Gasteiger charge is -2.00. The van der Waals surface area contributed by atoms with Crippen molar-refractivity contribution in [2.24, 2.45) is 4.99 Å². The van der Waals surface area contributed by atoms with Crippen LogP contribution in [0.15, 0.2) is 105 Å². The molecule has 10 heteroatoms. The van der Waals surface area contributed by atoms with Gasteiger partial charge >= 0.3 is 11.9 Å². The Hall–Kier alpha value is -5.51. The molecule has 2 aromatic heterocycles. The molecule has 3 N–H and O–H groups in total. The minimum absolute atomic E-state index is 0.0237. The van der Waals surface area contributed by atoms with Crippen molar-refractivity contribution in [3.63, 3.8) is 0 Å². The van der Waals surface area contributed by atoms with Gasteiger partial charge in [-0.05, 0) is 29.8 Å². The molecule has 184 valence electrons. The van der Waals surface area contributed by atoms with Crippen LogP contribution in [0.5, 0.6) is 0 Å². The van der Waals surface area contributed by atoms with Crippen LogP contribution in [0.3, 0.4) is 0 Å². The number of aromatic nitrogens is 2. The van der Waals surface area contributed by atoms with E-state index < -0.39 is 23.3 Å². The Morgan fingerprint density at radius 3 is 2.00 bits per heavy atom. The van der Waals surface area contributed by atoms with E-state index >= 15 is 0 Å². The van der Waals surface area contributed by atoms with Gasteiger partial charge in [0.15, 0.2) is 0 Å². The van der Waals surface area contributed by atoms with Gasteiger partial charge in [-0.15, -0.1) is 0 Å². The summed E-state index contributed by atoms with van der Waals surface area (Å²) in [4.78, 5) is 35.9. The van der Waals surface area contributed by atoms with Gasteiger partial charge in [-0.25, -0.2) is 19.6 Å². The van der Waals surface area contributed by atoms with Gasteiger partial charge < -0.3 is 24.2 Å². The van der Waals surface area contributed by atoms with Crippen LogP contribution in [-0.2, 0) is 9.59 Å². The molecule has 0 fully saturated rings. The molecule has 0 amide bonds. The number of hydrogen-bond donors (Lipinski definition) is 3. The Balaban J connectivity index is 1.59. The Morgan fingerprint density at radius 1 is 0.784 bits per heavy atom. The predicted molar refractivity (Wildman–Crippen MR) is 135 cm³/mol. The van der Waals surface area contributed by atoms with Crippen LogP contribution in [0.2, 0.25) is 0 Å². The number of hydrogen-bond acceptors (Lipinski definition) is 8. The number of para-hydroxylation sites is 1. The number of oxazole rings is 2. The zero-order chi connectivity index (χ0) is 26.2. The lowest BCUT2D eigenvalue weighted by atomic mass is 10.1. The molecule has 37 heavy (non-hydrogen) atoms. The molecule has 0 spiro atoms. The van der Waals surface area contributed by atoms with E-state index in [1.54, 1.807) is 54.6 Å². The van der Waals surface area contributed by atoms with Gasteiger partial charge in [0.25, 0.3) is 11.8 Å². The standard InChI is InChI=1S/C27H19N3O7/c31-22(12-11-17-7-3-1-4-8-17)23(27(34)35)21-16-37-25(30-21)24-29-20(15-36-24)19(26(32)33)13-14-28-18-9-5-2-6-10-18/h1-16,31H,(H,32,33)(H,34,35)/b12-11+,19-13-,23-22+,28-14+. The minimum atomic E-state index is -1.43. The summed E-state index contributed by atoms with van der Waals surface area (Å²) in [6.07, 6.45) is 7.49. The third kappa shape index (κ3) is 6.14. The van der Waals surface area contributed by atoms with Gasteiger partial charge in [-0.1, -0.05) is 54.6 Å². The highest BCUT2D eigenvalue weighted by Gasteiger charge is 2.23. The first-order valence-electron chi connectivity index (χ1n) is 10.8. The van der Waals surface area contributed by atoms with Crippen LogP contribution in [-0.4, -0.2) is 43.4 Å². The van der Waals surface area contributed by atoms with Gasteiger partial charge in [-0.3, -0.25) is 4.99 Å². The van der Waals surface area contributed by atoms with Gasteiger partial charge in [0.05, 0.1) is 11.3 Å². The number of benzene rings is 2. The summed E-state index contributed by atoms with van der Waals surface area (Å²) in [6, 6.07) is 17.9. The number of carboxylic acid groups (broad SMARTS) is 2. The van der Waals surface area contributed by atoms with Crippen LogP contribution in [0.4, 0.5) is 5.69 Å². The molecule has 0 atom stereocenters. The number of aliphatic carboxylic acids is 2. The Bertz CT molecular complexity index is 1530. The lowest BCUT2D eigenvalue weighted by Crippen LogP contribution is -2.03. The zero-order valence-electron chi connectivity index (χ0n) is 19.1. The van der Waals surface area contributed by atoms with E-state index in [0.29, 0.717) is 5.69 Å². The second-order valence-electron chi connectivity index (χ2n) is 7.38. The number of rotatable bonds is 9. The number of aliphatic hydroxyl groups excluding tert-OH is 1. The van der Waals surface area contributed by atoms with Crippen molar-refractivity contribution in [2.75, 3.05) is 0 Å². The summed E-state index contributed by atoms with van der Waals surface area (Å²) in [5.41, 5.74) is 0.489. The third-order valence-electron chi connectivity index (χ3n) is 4.88. The molecule has 0 saturated carbocycles. The normalized spacial score (nSPS) is 12.7. The molecule has 0 saturated heterocycles. The van der Waals surface area contributed by atoms with Crippen molar-refractivity contribution in [1.82, 2.24) is 9.97 Å². The van der Waals surface area contributed by atoms with Crippen LogP contribution >= 0.6 is 0 Å². The molecule has 0 bridgehead atoms. The summed E-state index contributed by atoms with van der Waals surface area (Å²) in [7, 11) is 0. The van der Waals surface area contributed by atoms with Crippen molar-refractivity contribution in [2.45, 2.75) is 0 Å². The van der Waals surface area contributed by atoms with Crippen molar-refractivity contribution in [3.05, 3.63) is 108 Å². The summed E-state index contributed by atoms with van der Waals surface area (Å²) in [5, 5.41) is 29.6. The second kappa shape index (κ2) is 11.3. The summed E-state index contributed by atoms with van der Waals surface area (Å²) in [5.74, 6) is -3.63. The van der Waals surface area contributed by atoms with Gasteiger partial charge in [-0.2, -0.15) is 0 Å². The number of allylic oxidation sites excluding steroid dienone is 2. The zero-order valence-corrected chi connectivity index (χ0v) is 19.1. The van der Waals surface area contributed by atoms with E-state index in [4.69, 9.17) is 8.83 Å². The van der Waals surface area contributed by atoms with E-state index in [1.165, 1.54) is 18.4 Å². The highest BCUT2D eigenvalue weighted by Crippen LogP contribution is 2.26. The third-order valence-corrected chi connectivity index (χ3v) is 4.88. The monoisotopic (exact) mass is 497 g/mol. The lowest BCUT2D eigenvalue weighted by molar-refractivity contribution is -0.131. The van der Waals surface area contributed by atoms with E-state index in [9.17, 15) is 24.9 Å². The topological polar surface area (TPSA) is 159 Å². The second-order valence-corrected chi connectivity index (χ2v) is 7.38. The Kier molecular flexibility index (Phi) is 7.50. The molecule has 4 rings (SSSR count). The van der Waals surface area contributed by atoms with E-state index in [0.717, 1.165) is 18.1 Å². The average Bonchev–Trinajstić information content (AvgIpc) is 3.57. The summed E-state index contributed by atoms with van der Waals surface area (Å²) >= 11 is 0. The van der Waals surface area contributed by atoms with Crippen LogP contribution in [0, 0.1) is 0 Å². The number of carboxylic acids is 2. The van der Waals surface area contributed by atoms with Gasteiger partial charge in [0.2, 0.25) is 0 Å². The number of nitrogens with zero attached hydrogens (tertiary/aromatic N) is 3. The molecule has 0 radical (unpaired) electrons. The minimum Gasteiger partial charge on any atom is -0.507 e. The Labute approximate surface area is 209 Å². The molecule has 4 aromatic rings. The maximum absolute atomic E-state index is 11.8. The first kappa shape index (κ1) is 24.6. The molecule has 0 aliphatic carbocycles.